The molecule has 2 aromatic rings. The molecule has 0 aliphatic carbocycles. The van der Waals surface area contributed by atoms with Crippen LogP contribution >= 0.6 is 11.3 Å². The third kappa shape index (κ3) is 2.97. The Labute approximate surface area is 113 Å². The molecule has 0 aliphatic rings. The molecule has 0 saturated carbocycles. The monoisotopic (exact) mass is 276 g/mol. The van der Waals surface area contributed by atoms with Gasteiger partial charge in [-0.3, -0.25) is 4.79 Å². The van der Waals surface area contributed by atoms with E-state index >= 15 is 0 Å². The van der Waals surface area contributed by atoms with Gasteiger partial charge >= 0.3 is 5.97 Å². The van der Waals surface area contributed by atoms with Crippen molar-refractivity contribution in [1.29, 1.82) is 0 Å². The molecule has 1 unspecified atom stereocenters. The van der Waals surface area contributed by atoms with E-state index in [9.17, 15) is 9.59 Å². The van der Waals surface area contributed by atoms with Crippen LogP contribution in [0.4, 0.5) is 0 Å². The number of carboxylic acid groups (broad SMARTS) is 1. The van der Waals surface area contributed by atoms with E-state index in [2.05, 4.69) is 16.9 Å². The van der Waals surface area contributed by atoms with Crippen LogP contribution in [0, 0.1) is 0 Å². The highest BCUT2D eigenvalue weighted by Crippen LogP contribution is 2.19. The number of amides is 1. The van der Waals surface area contributed by atoms with Crippen molar-refractivity contribution in [3.05, 3.63) is 41.9 Å². The van der Waals surface area contributed by atoms with Crippen LogP contribution in [0.5, 0.6) is 0 Å². The van der Waals surface area contributed by atoms with Crippen LogP contribution in [0.3, 0.4) is 0 Å². The quantitative estimate of drug-likeness (QED) is 0.819. The van der Waals surface area contributed by atoms with Gasteiger partial charge in [-0.25, -0.2) is 9.78 Å². The van der Waals surface area contributed by atoms with E-state index in [0.29, 0.717) is 5.56 Å². The molecule has 2 rings (SSSR count). The summed E-state index contributed by atoms with van der Waals surface area (Å²) in [7, 11) is 0. The van der Waals surface area contributed by atoms with E-state index < -0.39 is 17.9 Å². The Morgan fingerprint density at radius 3 is 3.00 bits per heavy atom. The first kappa shape index (κ1) is 13.2. The molecule has 0 fully saturated rings. The minimum Gasteiger partial charge on any atom is -0.480 e. The van der Waals surface area contributed by atoms with Gasteiger partial charge in [0.2, 0.25) is 0 Å². The number of hydrogen-bond donors (Lipinski definition) is 2. The van der Waals surface area contributed by atoms with Gasteiger partial charge in [-0.1, -0.05) is 6.08 Å². The average Bonchev–Trinajstić information content (AvgIpc) is 2.85. The molecule has 0 spiro atoms. The summed E-state index contributed by atoms with van der Waals surface area (Å²) >= 11 is 1.43. The smallest absolute Gasteiger partial charge is 0.326 e. The minimum atomic E-state index is -1.08. The van der Waals surface area contributed by atoms with Crippen LogP contribution in [0.2, 0.25) is 0 Å². The molecule has 0 bridgehead atoms. The van der Waals surface area contributed by atoms with Gasteiger partial charge in [-0.05, 0) is 24.6 Å². The van der Waals surface area contributed by atoms with Gasteiger partial charge in [0.15, 0.2) is 0 Å². The standard InChI is InChI=1S/C13H12N2O3S/c1-2-3-10(13(17)18)15-12(16)8-4-5-9-11(6-8)19-7-14-9/h2,4-7,10H,1,3H2,(H,15,16)(H,17,18). The first-order chi connectivity index (χ1) is 9.11. The van der Waals surface area contributed by atoms with Crippen LogP contribution in [0.15, 0.2) is 36.4 Å². The van der Waals surface area contributed by atoms with Gasteiger partial charge in [0.1, 0.15) is 6.04 Å². The number of hydrogen-bond acceptors (Lipinski definition) is 4. The Hall–Kier alpha value is -2.21. The van der Waals surface area contributed by atoms with Crippen LogP contribution < -0.4 is 5.32 Å². The highest BCUT2D eigenvalue weighted by atomic mass is 32.1. The Bertz CT molecular complexity index is 636. The first-order valence-corrected chi connectivity index (χ1v) is 6.47. The summed E-state index contributed by atoms with van der Waals surface area (Å²) in [5.74, 6) is -1.49. The molecular weight excluding hydrogens is 264 g/mol. The highest BCUT2D eigenvalue weighted by molar-refractivity contribution is 7.16. The highest BCUT2D eigenvalue weighted by Gasteiger charge is 2.19. The number of nitrogens with one attached hydrogen (secondary N) is 1. The maximum Gasteiger partial charge on any atom is 0.326 e. The number of carbonyl (C=O) groups excluding carboxylic acids is 1. The lowest BCUT2D eigenvalue weighted by molar-refractivity contribution is -0.139. The van der Waals surface area contributed by atoms with Crippen molar-refractivity contribution in [2.45, 2.75) is 12.5 Å². The lowest BCUT2D eigenvalue weighted by Gasteiger charge is -2.12. The van der Waals surface area contributed by atoms with E-state index in [1.165, 1.54) is 17.4 Å². The molecular formula is C13H12N2O3S. The third-order valence-electron chi connectivity index (χ3n) is 2.60. The van der Waals surface area contributed by atoms with Crippen molar-refractivity contribution in [2.75, 3.05) is 0 Å². The van der Waals surface area contributed by atoms with E-state index in [4.69, 9.17) is 5.11 Å². The number of carbonyl (C=O) groups is 2. The number of thiazole rings is 1. The maximum atomic E-state index is 12.0. The summed E-state index contributed by atoms with van der Waals surface area (Å²) in [6.45, 7) is 3.48. The summed E-state index contributed by atoms with van der Waals surface area (Å²) < 4.78 is 0.892. The molecule has 1 amide bonds. The van der Waals surface area contributed by atoms with Gasteiger partial charge in [-0.15, -0.1) is 17.9 Å². The van der Waals surface area contributed by atoms with E-state index in [0.717, 1.165) is 10.2 Å². The summed E-state index contributed by atoms with van der Waals surface area (Å²) in [5.41, 5.74) is 2.94. The molecule has 0 saturated heterocycles. The van der Waals surface area contributed by atoms with E-state index in [-0.39, 0.29) is 6.42 Å². The number of rotatable bonds is 5. The van der Waals surface area contributed by atoms with Crippen LogP contribution in [0.1, 0.15) is 16.8 Å². The molecule has 1 aromatic carbocycles. The second kappa shape index (κ2) is 5.62. The van der Waals surface area contributed by atoms with E-state index in [1.54, 1.807) is 23.7 Å². The van der Waals surface area contributed by atoms with Gasteiger partial charge < -0.3 is 10.4 Å². The molecule has 0 aliphatic heterocycles. The molecule has 5 nitrogen and oxygen atoms in total. The third-order valence-corrected chi connectivity index (χ3v) is 3.39. The van der Waals surface area contributed by atoms with Gasteiger partial charge in [0, 0.05) is 5.56 Å². The molecule has 1 atom stereocenters. The normalized spacial score (nSPS) is 12.0. The molecule has 19 heavy (non-hydrogen) atoms. The predicted molar refractivity (Wildman–Crippen MR) is 73.3 cm³/mol. The summed E-state index contributed by atoms with van der Waals surface area (Å²) in [5, 5.41) is 11.4. The van der Waals surface area contributed by atoms with Crippen molar-refractivity contribution in [3.8, 4) is 0 Å². The van der Waals surface area contributed by atoms with Gasteiger partial charge in [0.05, 0.1) is 15.7 Å². The van der Waals surface area contributed by atoms with Crippen LogP contribution in [0.25, 0.3) is 10.2 Å². The Morgan fingerprint density at radius 1 is 1.53 bits per heavy atom. The molecule has 98 valence electrons. The Morgan fingerprint density at radius 2 is 2.32 bits per heavy atom. The topological polar surface area (TPSA) is 79.3 Å². The van der Waals surface area contributed by atoms with Gasteiger partial charge in [0.25, 0.3) is 5.91 Å². The van der Waals surface area contributed by atoms with Crippen molar-refractivity contribution >= 4 is 33.4 Å². The zero-order valence-electron chi connectivity index (χ0n) is 10.00. The number of aliphatic carboxylic acids is 1. The maximum absolute atomic E-state index is 12.0. The SMILES string of the molecule is C=CCC(NC(=O)c1ccc2ncsc2c1)C(=O)O. The summed E-state index contributed by atoms with van der Waals surface area (Å²) in [6, 6.07) is 4.12. The Kier molecular flexibility index (Phi) is 3.91. The first-order valence-electron chi connectivity index (χ1n) is 5.59. The molecule has 2 N–H and O–H groups in total. The molecule has 1 aromatic heterocycles. The average molecular weight is 276 g/mol. The predicted octanol–water partition coefficient (Wildman–Crippen LogP) is 2.06. The molecule has 6 heteroatoms. The lowest BCUT2D eigenvalue weighted by Crippen LogP contribution is -2.40. The number of fused-ring (bicyclic) bond motifs is 1. The van der Waals surface area contributed by atoms with Crippen molar-refractivity contribution in [3.63, 3.8) is 0 Å². The molecule has 0 radical (unpaired) electrons. The Balaban J connectivity index is 2.18. The van der Waals surface area contributed by atoms with Crippen molar-refractivity contribution in [1.82, 2.24) is 10.3 Å². The number of benzene rings is 1. The number of aromatic nitrogens is 1. The molecule has 1 heterocycles. The number of nitrogens with zero attached hydrogens (tertiary/aromatic N) is 1. The van der Waals surface area contributed by atoms with Gasteiger partial charge in [-0.2, -0.15) is 0 Å². The van der Waals surface area contributed by atoms with Crippen molar-refractivity contribution < 1.29 is 14.7 Å². The largest absolute Gasteiger partial charge is 0.480 e. The summed E-state index contributed by atoms with van der Waals surface area (Å²) in [4.78, 5) is 27.0. The summed E-state index contributed by atoms with van der Waals surface area (Å²) in [6.07, 6.45) is 1.65. The van der Waals surface area contributed by atoms with Crippen LogP contribution in [-0.4, -0.2) is 28.0 Å². The fourth-order valence-electron chi connectivity index (χ4n) is 1.63. The zero-order valence-corrected chi connectivity index (χ0v) is 10.8. The fourth-order valence-corrected chi connectivity index (χ4v) is 2.34. The second-order valence-electron chi connectivity index (χ2n) is 3.92. The van der Waals surface area contributed by atoms with E-state index in [1.807, 2.05) is 0 Å². The minimum absolute atomic E-state index is 0.184. The second-order valence-corrected chi connectivity index (χ2v) is 4.81. The fraction of sp³-hybridized carbons (Fsp3) is 0.154. The number of carboxylic acids is 1. The van der Waals surface area contributed by atoms with Crippen LogP contribution in [-0.2, 0) is 4.79 Å². The zero-order chi connectivity index (χ0) is 13.8. The van der Waals surface area contributed by atoms with Crippen molar-refractivity contribution in [2.24, 2.45) is 0 Å². The lowest BCUT2D eigenvalue weighted by atomic mass is 10.1.